The molecule has 0 saturated heterocycles. The molecule has 0 bridgehead atoms. The highest BCUT2D eigenvalue weighted by molar-refractivity contribution is 7.92. The zero-order valence-electron chi connectivity index (χ0n) is 16.5. The lowest BCUT2D eigenvalue weighted by molar-refractivity contribution is 0.102. The molecule has 3 aromatic rings. The van der Waals surface area contributed by atoms with E-state index in [-0.39, 0.29) is 21.8 Å². The Kier molecular flexibility index (Phi) is 6.40. The van der Waals surface area contributed by atoms with E-state index in [0.717, 1.165) is 24.3 Å². The van der Waals surface area contributed by atoms with Gasteiger partial charge in [0.25, 0.3) is 15.9 Å². The van der Waals surface area contributed by atoms with Crippen molar-refractivity contribution < 1.29 is 31.5 Å². The van der Waals surface area contributed by atoms with Crippen LogP contribution in [0.4, 0.5) is 20.2 Å². The van der Waals surface area contributed by atoms with E-state index >= 15 is 0 Å². The molecule has 0 radical (unpaired) electrons. The van der Waals surface area contributed by atoms with Crippen molar-refractivity contribution in [3.05, 3.63) is 77.9 Å². The highest BCUT2D eigenvalue weighted by atomic mass is 32.2. The standard InChI is InChI=1S/C21H18F2N2O5S/c1-29-19-10-7-13(11-20(19)30-2)25-31(27,28)14-8-9-18(17(23)12-14)24-21(26)15-5-3-4-6-16(15)22/h3-12,25H,1-2H3,(H,24,26). The lowest BCUT2D eigenvalue weighted by Gasteiger charge is -2.13. The average molecular weight is 448 g/mol. The van der Waals surface area contributed by atoms with Crippen LogP contribution in [0.25, 0.3) is 0 Å². The van der Waals surface area contributed by atoms with Gasteiger partial charge in [0.1, 0.15) is 11.6 Å². The number of halogens is 2. The Bertz CT molecular complexity index is 1230. The molecular weight excluding hydrogens is 430 g/mol. The fraction of sp³-hybridized carbons (Fsp3) is 0.0952. The Morgan fingerprint density at radius 1 is 0.871 bits per heavy atom. The number of hydrogen-bond donors (Lipinski definition) is 2. The predicted molar refractivity (Wildman–Crippen MR) is 111 cm³/mol. The molecule has 0 fully saturated rings. The smallest absolute Gasteiger partial charge is 0.262 e. The van der Waals surface area contributed by atoms with Crippen molar-refractivity contribution in [2.45, 2.75) is 4.90 Å². The van der Waals surface area contributed by atoms with Crippen LogP contribution in [0.3, 0.4) is 0 Å². The number of carbonyl (C=O) groups is 1. The summed E-state index contributed by atoms with van der Waals surface area (Å²) < 4.78 is 66.0. The molecule has 0 aliphatic rings. The molecule has 0 heterocycles. The number of hydrogen-bond acceptors (Lipinski definition) is 5. The van der Waals surface area contributed by atoms with Crippen molar-refractivity contribution in [1.29, 1.82) is 0 Å². The number of carbonyl (C=O) groups excluding carboxylic acids is 1. The van der Waals surface area contributed by atoms with Gasteiger partial charge in [-0.05, 0) is 42.5 Å². The molecule has 0 aliphatic heterocycles. The first-order valence-electron chi connectivity index (χ1n) is 8.85. The lowest BCUT2D eigenvalue weighted by Crippen LogP contribution is -2.16. The molecule has 0 unspecified atom stereocenters. The summed E-state index contributed by atoms with van der Waals surface area (Å²) in [5.74, 6) is -1.92. The van der Waals surface area contributed by atoms with Crippen molar-refractivity contribution in [2.75, 3.05) is 24.3 Å². The summed E-state index contributed by atoms with van der Waals surface area (Å²) >= 11 is 0. The van der Waals surface area contributed by atoms with Crippen LogP contribution in [-0.2, 0) is 10.0 Å². The van der Waals surface area contributed by atoms with Gasteiger partial charge in [-0.3, -0.25) is 9.52 Å². The van der Waals surface area contributed by atoms with Crippen LogP contribution in [0, 0.1) is 11.6 Å². The van der Waals surface area contributed by atoms with Gasteiger partial charge in [0.05, 0.1) is 36.1 Å². The number of methoxy groups -OCH3 is 2. The SMILES string of the molecule is COc1ccc(NS(=O)(=O)c2ccc(NC(=O)c3ccccc3F)c(F)c2)cc1OC. The number of anilines is 2. The summed E-state index contributed by atoms with van der Waals surface area (Å²) in [4.78, 5) is 11.8. The monoisotopic (exact) mass is 448 g/mol. The van der Waals surface area contributed by atoms with Crippen LogP contribution in [-0.4, -0.2) is 28.5 Å². The van der Waals surface area contributed by atoms with E-state index in [1.807, 2.05) is 0 Å². The fourth-order valence-electron chi connectivity index (χ4n) is 2.71. The van der Waals surface area contributed by atoms with Crippen molar-refractivity contribution >= 4 is 27.3 Å². The Balaban J connectivity index is 1.81. The number of rotatable bonds is 7. The van der Waals surface area contributed by atoms with E-state index < -0.39 is 27.6 Å². The van der Waals surface area contributed by atoms with Crippen LogP contribution in [0.15, 0.2) is 65.6 Å². The first-order valence-corrected chi connectivity index (χ1v) is 10.3. The molecule has 0 spiro atoms. The highest BCUT2D eigenvalue weighted by Gasteiger charge is 2.19. The van der Waals surface area contributed by atoms with Crippen LogP contribution in [0.1, 0.15) is 10.4 Å². The van der Waals surface area contributed by atoms with Gasteiger partial charge in [-0.15, -0.1) is 0 Å². The summed E-state index contributed by atoms with van der Waals surface area (Å²) in [6.45, 7) is 0. The third kappa shape index (κ3) is 4.92. The first-order chi connectivity index (χ1) is 14.7. The van der Waals surface area contributed by atoms with Crippen molar-refractivity contribution in [3.8, 4) is 11.5 Å². The van der Waals surface area contributed by atoms with Gasteiger partial charge in [0.15, 0.2) is 11.5 Å². The summed E-state index contributed by atoms with van der Waals surface area (Å²) in [6.07, 6.45) is 0. The number of sulfonamides is 1. The summed E-state index contributed by atoms with van der Waals surface area (Å²) in [7, 11) is -1.30. The predicted octanol–water partition coefficient (Wildman–Crippen LogP) is 4.04. The fourth-order valence-corrected chi connectivity index (χ4v) is 3.77. The Labute approximate surface area is 177 Å². The molecule has 2 N–H and O–H groups in total. The molecule has 0 aromatic heterocycles. The normalized spacial score (nSPS) is 11.0. The third-order valence-corrected chi connectivity index (χ3v) is 5.63. The van der Waals surface area contributed by atoms with Gasteiger partial charge in [-0.25, -0.2) is 17.2 Å². The maximum absolute atomic E-state index is 14.5. The molecule has 162 valence electrons. The second kappa shape index (κ2) is 9.00. The van der Waals surface area contributed by atoms with Gasteiger partial charge < -0.3 is 14.8 Å². The van der Waals surface area contributed by atoms with Gasteiger partial charge in [-0.1, -0.05) is 12.1 Å². The Morgan fingerprint density at radius 2 is 1.58 bits per heavy atom. The number of ether oxygens (including phenoxy) is 2. The lowest BCUT2D eigenvalue weighted by atomic mass is 10.2. The highest BCUT2D eigenvalue weighted by Crippen LogP contribution is 2.31. The number of amides is 1. The van der Waals surface area contributed by atoms with E-state index in [2.05, 4.69) is 10.0 Å². The van der Waals surface area contributed by atoms with Crippen molar-refractivity contribution in [1.82, 2.24) is 0 Å². The second-order valence-electron chi connectivity index (χ2n) is 6.25. The van der Waals surface area contributed by atoms with Crippen LogP contribution >= 0.6 is 0 Å². The van der Waals surface area contributed by atoms with E-state index in [1.165, 1.54) is 50.6 Å². The molecule has 31 heavy (non-hydrogen) atoms. The largest absolute Gasteiger partial charge is 0.493 e. The zero-order chi connectivity index (χ0) is 22.6. The van der Waals surface area contributed by atoms with Gasteiger partial charge in [-0.2, -0.15) is 0 Å². The van der Waals surface area contributed by atoms with Gasteiger partial charge >= 0.3 is 0 Å². The quantitative estimate of drug-likeness (QED) is 0.569. The van der Waals surface area contributed by atoms with E-state index in [1.54, 1.807) is 0 Å². The minimum absolute atomic E-state index is 0.176. The zero-order valence-corrected chi connectivity index (χ0v) is 17.3. The first kappa shape index (κ1) is 22.0. The Morgan fingerprint density at radius 3 is 2.23 bits per heavy atom. The summed E-state index contributed by atoms with van der Waals surface area (Å²) in [5, 5.41) is 2.22. The topological polar surface area (TPSA) is 93.7 Å². The number of nitrogens with one attached hydrogen (secondary N) is 2. The van der Waals surface area contributed by atoms with Crippen molar-refractivity contribution in [2.24, 2.45) is 0 Å². The maximum Gasteiger partial charge on any atom is 0.262 e. The Hall–Kier alpha value is -3.66. The van der Waals surface area contributed by atoms with E-state index in [4.69, 9.17) is 9.47 Å². The molecule has 1 amide bonds. The van der Waals surface area contributed by atoms with Crippen molar-refractivity contribution in [3.63, 3.8) is 0 Å². The number of benzene rings is 3. The molecule has 7 nitrogen and oxygen atoms in total. The molecule has 3 aromatic carbocycles. The van der Waals surface area contributed by atoms with E-state index in [0.29, 0.717) is 11.5 Å². The van der Waals surface area contributed by atoms with Crippen LogP contribution in [0.5, 0.6) is 11.5 Å². The van der Waals surface area contributed by atoms with Crippen LogP contribution < -0.4 is 19.5 Å². The van der Waals surface area contributed by atoms with Crippen LogP contribution in [0.2, 0.25) is 0 Å². The minimum atomic E-state index is -4.14. The molecule has 3 rings (SSSR count). The summed E-state index contributed by atoms with van der Waals surface area (Å²) in [5.41, 5.74) is -0.387. The molecular formula is C21H18F2N2O5S. The molecule has 0 saturated carbocycles. The summed E-state index contributed by atoms with van der Waals surface area (Å²) in [6, 6.07) is 12.5. The second-order valence-corrected chi connectivity index (χ2v) is 7.93. The molecule has 0 aliphatic carbocycles. The maximum atomic E-state index is 14.5. The molecule has 0 atom stereocenters. The average Bonchev–Trinajstić information content (AvgIpc) is 2.74. The third-order valence-electron chi connectivity index (χ3n) is 4.25. The van der Waals surface area contributed by atoms with Gasteiger partial charge in [0.2, 0.25) is 0 Å². The van der Waals surface area contributed by atoms with Gasteiger partial charge in [0, 0.05) is 6.07 Å². The van der Waals surface area contributed by atoms with E-state index in [9.17, 15) is 22.0 Å². The molecule has 10 heteroatoms. The minimum Gasteiger partial charge on any atom is -0.493 e.